The van der Waals surface area contributed by atoms with Crippen molar-refractivity contribution in [1.82, 2.24) is 9.21 Å². The molecule has 1 N–H and O–H groups in total. The first-order valence-corrected chi connectivity index (χ1v) is 14.6. The van der Waals surface area contributed by atoms with Crippen LogP contribution < -0.4 is 9.47 Å². The highest BCUT2D eigenvalue weighted by Crippen LogP contribution is 2.33. The van der Waals surface area contributed by atoms with Crippen LogP contribution in [0.2, 0.25) is 0 Å². The van der Waals surface area contributed by atoms with Crippen molar-refractivity contribution in [3.63, 3.8) is 0 Å². The summed E-state index contributed by atoms with van der Waals surface area (Å²) in [6.45, 7) is 1.33. The molecular formula is C28H38N2O7S. The van der Waals surface area contributed by atoms with Gasteiger partial charge in [-0.1, -0.05) is 36.8 Å². The molecule has 0 aliphatic carbocycles. The van der Waals surface area contributed by atoms with Gasteiger partial charge in [-0.2, -0.15) is 4.31 Å². The van der Waals surface area contributed by atoms with Crippen molar-refractivity contribution >= 4 is 15.9 Å². The number of ether oxygens (including phenoxy) is 3. The normalized spacial score (nSPS) is 20.2. The van der Waals surface area contributed by atoms with Crippen molar-refractivity contribution in [3.8, 4) is 11.5 Å². The van der Waals surface area contributed by atoms with Gasteiger partial charge in [0, 0.05) is 38.2 Å². The van der Waals surface area contributed by atoms with Gasteiger partial charge in [-0.05, 0) is 43.4 Å². The van der Waals surface area contributed by atoms with E-state index in [9.17, 15) is 18.3 Å². The number of rotatable bonds is 10. The first kappa shape index (κ1) is 28.4. The second-order valence-corrected chi connectivity index (χ2v) is 11.9. The Hall–Kier alpha value is -2.66. The van der Waals surface area contributed by atoms with Crippen LogP contribution in [0.1, 0.15) is 37.7 Å². The molecule has 1 unspecified atom stereocenters. The fraction of sp³-hybridized carbons (Fsp3) is 0.536. The van der Waals surface area contributed by atoms with E-state index < -0.39 is 15.6 Å². The summed E-state index contributed by atoms with van der Waals surface area (Å²) >= 11 is 0. The molecule has 9 nitrogen and oxygen atoms in total. The first-order chi connectivity index (χ1) is 18.3. The van der Waals surface area contributed by atoms with Gasteiger partial charge < -0.3 is 24.2 Å². The molecule has 38 heavy (non-hydrogen) atoms. The molecular weight excluding hydrogens is 508 g/mol. The van der Waals surface area contributed by atoms with Gasteiger partial charge in [0.25, 0.3) is 0 Å². The van der Waals surface area contributed by atoms with E-state index in [0.29, 0.717) is 51.1 Å². The van der Waals surface area contributed by atoms with E-state index in [1.165, 1.54) is 24.6 Å². The summed E-state index contributed by atoms with van der Waals surface area (Å²) in [5.74, 6) is 0.588. The Bertz CT molecular complexity index is 1180. The second-order valence-electron chi connectivity index (χ2n) is 10.1. The SMILES string of the molecule is COc1ccc(S(=O)(=O)N2CCCCC2COCC(=O)N2CCC(O)(Cc3ccccc3)CC2)c(OC)c1. The molecule has 2 aliphatic heterocycles. The fourth-order valence-corrected chi connectivity index (χ4v) is 7.09. The molecule has 0 aromatic heterocycles. The van der Waals surface area contributed by atoms with Crippen LogP contribution in [0.3, 0.4) is 0 Å². The Morgan fingerprint density at radius 2 is 1.76 bits per heavy atom. The van der Waals surface area contributed by atoms with E-state index in [4.69, 9.17) is 14.2 Å². The summed E-state index contributed by atoms with van der Waals surface area (Å²) in [7, 11) is -0.898. The van der Waals surface area contributed by atoms with Gasteiger partial charge >= 0.3 is 0 Å². The smallest absolute Gasteiger partial charge is 0.248 e. The lowest BCUT2D eigenvalue weighted by Crippen LogP contribution is -2.49. The third kappa shape index (κ3) is 6.66. The number of methoxy groups -OCH3 is 2. The van der Waals surface area contributed by atoms with Crippen molar-refractivity contribution in [2.24, 2.45) is 0 Å². The number of carbonyl (C=O) groups excluding carboxylic acids is 1. The number of benzene rings is 2. The second kappa shape index (κ2) is 12.5. The third-order valence-corrected chi connectivity index (χ3v) is 9.48. The molecule has 0 bridgehead atoms. The molecule has 10 heteroatoms. The van der Waals surface area contributed by atoms with Crippen LogP contribution in [0.25, 0.3) is 0 Å². The maximum atomic E-state index is 13.6. The van der Waals surface area contributed by atoms with Crippen LogP contribution in [0.15, 0.2) is 53.4 Å². The molecule has 2 fully saturated rings. The lowest BCUT2D eigenvalue weighted by molar-refractivity contribution is -0.140. The number of likely N-dealkylation sites (tertiary alicyclic amines) is 1. The van der Waals surface area contributed by atoms with Gasteiger partial charge in [0.2, 0.25) is 15.9 Å². The Morgan fingerprint density at radius 1 is 1.03 bits per heavy atom. The lowest BCUT2D eigenvalue weighted by atomic mass is 9.85. The minimum absolute atomic E-state index is 0.0834. The standard InChI is InChI=1S/C28H38N2O7S/c1-35-24-11-12-26(25(18-24)36-2)38(33,34)30-15-7-6-10-23(30)20-37-21-27(31)29-16-13-28(32,14-17-29)19-22-8-4-3-5-9-22/h3-5,8-9,11-12,18,23,32H,6-7,10,13-17,19-21H2,1-2H3. The number of carbonyl (C=O) groups is 1. The highest BCUT2D eigenvalue weighted by molar-refractivity contribution is 7.89. The number of nitrogens with zero attached hydrogens (tertiary/aromatic N) is 2. The molecule has 1 atom stereocenters. The van der Waals surface area contributed by atoms with E-state index in [2.05, 4.69) is 0 Å². The Morgan fingerprint density at radius 3 is 2.45 bits per heavy atom. The number of aliphatic hydroxyl groups is 1. The van der Waals surface area contributed by atoms with Crippen LogP contribution >= 0.6 is 0 Å². The largest absolute Gasteiger partial charge is 0.497 e. The predicted octanol–water partition coefficient (Wildman–Crippen LogP) is 2.86. The van der Waals surface area contributed by atoms with Gasteiger partial charge in [-0.25, -0.2) is 8.42 Å². The van der Waals surface area contributed by atoms with Gasteiger partial charge in [-0.3, -0.25) is 4.79 Å². The van der Waals surface area contributed by atoms with Crippen molar-refractivity contribution in [2.75, 3.05) is 47.1 Å². The van der Waals surface area contributed by atoms with Gasteiger partial charge in [-0.15, -0.1) is 0 Å². The molecule has 2 aromatic rings. The molecule has 0 saturated carbocycles. The monoisotopic (exact) mass is 546 g/mol. The molecule has 0 radical (unpaired) electrons. The maximum Gasteiger partial charge on any atom is 0.248 e. The predicted molar refractivity (Wildman–Crippen MR) is 143 cm³/mol. The molecule has 2 aromatic carbocycles. The van der Waals surface area contributed by atoms with Crippen LogP contribution in [-0.4, -0.2) is 87.3 Å². The molecule has 1 amide bonds. The lowest BCUT2D eigenvalue weighted by Gasteiger charge is -2.38. The van der Waals surface area contributed by atoms with Crippen molar-refractivity contribution in [1.29, 1.82) is 0 Å². The van der Waals surface area contributed by atoms with E-state index in [0.717, 1.165) is 18.4 Å². The molecule has 2 saturated heterocycles. The molecule has 208 valence electrons. The average Bonchev–Trinajstić information content (AvgIpc) is 2.93. The summed E-state index contributed by atoms with van der Waals surface area (Å²) in [6, 6.07) is 14.2. The summed E-state index contributed by atoms with van der Waals surface area (Å²) in [5.41, 5.74) is 0.260. The number of hydrogen-bond donors (Lipinski definition) is 1. The Kier molecular flexibility index (Phi) is 9.30. The quantitative estimate of drug-likeness (QED) is 0.489. The Labute approximate surface area is 225 Å². The number of amides is 1. The molecule has 2 aliphatic rings. The zero-order valence-corrected chi connectivity index (χ0v) is 23.0. The van der Waals surface area contributed by atoms with E-state index in [-0.39, 0.29) is 35.8 Å². The van der Waals surface area contributed by atoms with Crippen LogP contribution in [-0.2, 0) is 26.0 Å². The fourth-order valence-electron chi connectivity index (χ4n) is 5.27. The maximum absolute atomic E-state index is 13.6. The molecule has 4 rings (SSSR count). The Balaban J connectivity index is 1.31. The van der Waals surface area contributed by atoms with E-state index >= 15 is 0 Å². The van der Waals surface area contributed by atoms with Gasteiger partial charge in [0.05, 0.1) is 26.4 Å². The highest BCUT2D eigenvalue weighted by atomic mass is 32.2. The van der Waals surface area contributed by atoms with Crippen molar-refractivity contribution < 1.29 is 32.5 Å². The molecule has 0 spiro atoms. The van der Waals surface area contributed by atoms with Crippen molar-refractivity contribution in [2.45, 2.75) is 55.1 Å². The van der Waals surface area contributed by atoms with Crippen LogP contribution in [0.5, 0.6) is 11.5 Å². The van der Waals surface area contributed by atoms with Gasteiger partial charge in [0.15, 0.2) is 0 Å². The van der Waals surface area contributed by atoms with Crippen LogP contribution in [0.4, 0.5) is 0 Å². The summed E-state index contributed by atoms with van der Waals surface area (Å²) in [4.78, 5) is 14.6. The van der Waals surface area contributed by atoms with E-state index in [1.807, 2.05) is 30.3 Å². The number of sulfonamides is 1. The molecule has 2 heterocycles. The summed E-state index contributed by atoms with van der Waals surface area (Å²) < 4.78 is 44.9. The summed E-state index contributed by atoms with van der Waals surface area (Å²) in [5, 5.41) is 11.0. The zero-order valence-electron chi connectivity index (χ0n) is 22.2. The third-order valence-electron chi connectivity index (χ3n) is 7.49. The van der Waals surface area contributed by atoms with E-state index in [1.54, 1.807) is 17.0 Å². The zero-order chi connectivity index (χ0) is 27.2. The highest BCUT2D eigenvalue weighted by Gasteiger charge is 2.37. The van der Waals surface area contributed by atoms with Crippen molar-refractivity contribution in [3.05, 3.63) is 54.1 Å². The minimum atomic E-state index is -3.84. The van der Waals surface area contributed by atoms with Gasteiger partial charge in [0.1, 0.15) is 23.0 Å². The minimum Gasteiger partial charge on any atom is -0.497 e. The topological polar surface area (TPSA) is 106 Å². The number of piperidine rings is 2. The first-order valence-electron chi connectivity index (χ1n) is 13.1. The summed E-state index contributed by atoms with van der Waals surface area (Å²) in [6.07, 6.45) is 3.88. The number of hydrogen-bond acceptors (Lipinski definition) is 7. The average molecular weight is 547 g/mol. The van der Waals surface area contributed by atoms with Crippen LogP contribution in [0, 0.1) is 0 Å².